The molecule has 190 valence electrons. The predicted molar refractivity (Wildman–Crippen MR) is 136 cm³/mol. The molecule has 33 heavy (non-hydrogen) atoms. The Bertz CT molecular complexity index is 779. The Kier molecular flexibility index (Phi) is 6.28. The number of aliphatic hydroxyl groups excluding tert-OH is 2. The lowest BCUT2D eigenvalue weighted by atomic mass is 9.35. The normalized spacial score (nSPS) is 50.5. The van der Waals surface area contributed by atoms with Crippen molar-refractivity contribution in [1.29, 1.82) is 0 Å². The van der Waals surface area contributed by atoms with Gasteiger partial charge >= 0.3 is 0 Å². The lowest BCUT2D eigenvalue weighted by molar-refractivity contribution is -0.246. The lowest BCUT2D eigenvalue weighted by Gasteiger charge is -2.70. The summed E-state index contributed by atoms with van der Waals surface area (Å²) in [7, 11) is 0. The second kappa shape index (κ2) is 8.07. The van der Waals surface area contributed by atoms with Gasteiger partial charge in [0.1, 0.15) is 0 Å². The summed E-state index contributed by atoms with van der Waals surface area (Å²) in [5.41, 5.74) is 0.885. The first-order valence-corrected chi connectivity index (χ1v) is 13.8. The third-order valence-electron chi connectivity index (χ3n) is 12.4. The minimum absolute atomic E-state index is 0.0503. The van der Waals surface area contributed by atoms with Crippen LogP contribution in [-0.4, -0.2) is 33.1 Å². The van der Waals surface area contributed by atoms with Crippen molar-refractivity contribution >= 4 is 0 Å². The molecule has 3 heteroatoms. The molecule has 3 nitrogen and oxygen atoms in total. The molecular weight excluding hydrogens is 408 g/mol. The topological polar surface area (TPSA) is 60.7 Å². The van der Waals surface area contributed by atoms with Crippen molar-refractivity contribution in [3.8, 4) is 0 Å². The van der Waals surface area contributed by atoms with Crippen LogP contribution in [0.25, 0.3) is 0 Å². The Morgan fingerprint density at radius 2 is 1.55 bits per heavy atom. The van der Waals surface area contributed by atoms with Crippen molar-refractivity contribution in [3.05, 3.63) is 11.6 Å². The number of hydrogen-bond acceptors (Lipinski definition) is 3. The fraction of sp³-hybridized carbons (Fsp3) is 0.933. The standard InChI is InChI=1S/C30H52O3/c1-19(2)10-9-14-30(8,33)20-11-16-29(7)25(20)21(31)18-23-27(5)15-13-24(32)26(3,4)22(27)12-17-28(23,29)6/h10,20-25,31-33H,9,11-18H2,1-8H3/t20?,21-,22+,23?,24+,25+,27+,28-,29-,30-/m1/s1. The van der Waals surface area contributed by atoms with Gasteiger partial charge in [0.25, 0.3) is 0 Å². The van der Waals surface area contributed by atoms with Crippen molar-refractivity contribution in [2.45, 2.75) is 131 Å². The van der Waals surface area contributed by atoms with Crippen LogP contribution in [0.15, 0.2) is 11.6 Å². The fourth-order valence-electron chi connectivity index (χ4n) is 10.3. The molecular formula is C30H52O3. The summed E-state index contributed by atoms with van der Waals surface area (Å²) < 4.78 is 0. The van der Waals surface area contributed by atoms with Gasteiger partial charge in [-0.15, -0.1) is 0 Å². The van der Waals surface area contributed by atoms with Gasteiger partial charge < -0.3 is 15.3 Å². The first-order chi connectivity index (χ1) is 15.1. The Morgan fingerprint density at radius 3 is 2.18 bits per heavy atom. The molecule has 0 aromatic carbocycles. The molecule has 2 unspecified atom stereocenters. The van der Waals surface area contributed by atoms with E-state index in [0.29, 0.717) is 11.8 Å². The molecule has 0 aromatic rings. The van der Waals surface area contributed by atoms with Crippen molar-refractivity contribution in [1.82, 2.24) is 0 Å². The van der Waals surface area contributed by atoms with Crippen LogP contribution in [0.3, 0.4) is 0 Å². The van der Waals surface area contributed by atoms with Crippen molar-refractivity contribution in [2.24, 2.45) is 45.3 Å². The molecule has 10 atom stereocenters. The minimum Gasteiger partial charge on any atom is -0.393 e. The van der Waals surface area contributed by atoms with E-state index in [1.807, 2.05) is 6.92 Å². The summed E-state index contributed by atoms with van der Waals surface area (Å²) in [6.07, 6.45) is 10.6. The van der Waals surface area contributed by atoms with Crippen molar-refractivity contribution in [2.75, 3.05) is 0 Å². The highest BCUT2D eigenvalue weighted by atomic mass is 16.3. The number of aliphatic hydroxyl groups is 3. The van der Waals surface area contributed by atoms with Crippen LogP contribution >= 0.6 is 0 Å². The van der Waals surface area contributed by atoms with Gasteiger partial charge in [-0.25, -0.2) is 0 Å². The smallest absolute Gasteiger partial charge is 0.0654 e. The van der Waals surface area contributed by atoms with E-state index in [9.17, 15) is 15.3 Å². The summed E-state index contributed by atoms with van der Waals surface area (Å²) >= 11 is 0. The molecule has 0 heterocycles. The predicted octanol–water partition coefficient (Wildman–Crippen LogP) is 6.50. The highest BCUT2D eigenvalue weighted by molar-refractivity contribution is 5.20. The zero-order valence-electron chi connectivity index (χ0n) is 22.7. The van der Waals surface area contributed by atoms with Crippen LogP contribution in [0.1, 0.15) is 113 Å². The van der Waals surface area contributed by atoms with Crippen LogP contribution in [-0.2, 0) is 0 Å². The van der Waals surface area contributed by atoms with Gasteiger partial charge in [-0.3, -0.25) is 0 Å². The monoisotopic (exact) mass is 460 g/mol. The molecule has 4 aliphatic rings. The Balaban J connectivity index is 1.66. The van der Waals surface area contributed by atoms with Gasteiger partial charge in [0.05, 0.1) is 17.8 Å². The van der Waals surface area contributed by atoms with Crippen LogP contribution in [0, 0.1) is 45.3 Å². The van der Waals surface area contributed by atoms with Crippen LogP contribution in [0.5, 0.6) is 0 Å². The summed E-state index contributed by atoms with van der Waals surface area (Å²) in [5.74, 6) is 1.31. The second-order valence-corrected chi connectivity index (χ2v) is 14.5. The maximum Gasteiger partial charge on any atom is 0.0654 e. The highest BCUT2D eigenvalue weighted by Crippen LogP contribution is 2.75. The fourth-order valence-corrected chi connectivity index (χ4v) is 10.3. The zero-order chi connectivity index (χ0) is 24.6. The van der Waals surface area contributed by atoms with Gasteiger partial charge in [-0.2, -0.15) is 0 Å². The molecule has 3 N–H and O–H groups in total. The van der Waals surface area contributed by atoms with Crippen LogP contribution in [0.4, 0.5) is 0 Å². The molecule has 0 radical (unpaired) electrons. The summed E-state index contributed by atoms with van der Waals surface area (Å²) in [4.78, 5) is 0. The first-order valence-electron chi connectivity index (χ1n) is 13.8. The number of hydrogen-bond donors (Lipinski definition) is 3. The van der Waals surface area contributed by atoms with Gasteiger partial charge in [-0.1, -0.05) is 46.3 Å². The van der Waals surface area contributed by atoms with Gasteiger partial charge in [0, 0.05) is 0 Å². The number of allylic oxidation sites excluding steroid dienone is 2. The maximum atomic E-state index is 11.8. The zero-order valence-corrected chi connectivity index (χ0v) is 22.7. The van der Waals surface area contributed by atoms with Gasteiger partial charge in [-0.05, 0) is 124 Å². The highest BCUT2D eigenvalue weighted by Gasteiger charge is 2.71. The maximum absolute atomic E-state index is 11.8. The average Bonchev–Trinajstić information content (AvgIpc) is 3.08. The van der Waals surface area contributed by atoms with E-state index in [1.54, 1.807) is 0 Å². The van der Waals surface area contributed by atoms with Crippen molar-refractivity contribution < 1.29 is 15.3 Å². The molecule has 4 aliphatic carbocycles. The van der Waals surface area contributed by atoms with E-state index >= 15 is 0 Å². The van der Waals surface area contributed by atoms with Crippen molar-refractivity contribution in [3.63, 3.8) is 0 Å². The molecule has 0 spiro atoms. The third kappa shape index (κ3) is 3.61. The molecule has 0 aromatic heterocycles. The van der Waals surface area contributed by atoms with E-state index in [0.717, 1.165) is 44.9 Å². The quantitative estimate of drug-likeness (QED) is 0.420. The number of rotatable bonds is 4. The first kappa shape index (κ1) is 25.7. The molecule has 0 bridgehead atoms. The van der Waals surface area contributed by atoms with Gasteiger partial charge in [0.2, 0.25) is 0 Å². The molecule has 4 rings (SSSR count). The SMILES string of the molecule is CC(C)=CCC[C@@](C)(O)C1CC[C@]2(C)[C@@H]1[C@H](O)CC1[C@@]3(C)CC[C@H](O)C(C)(C)[C@@H]3CC[C@]12C. The summed E-state index contributed by atoms with van der Waals surface area (Å²) in [6.45, 7) is 18.3. The van der Waals surface area contributed by atoms with Crippen LogP contribution in [0.2, 0.25) is 0 Å². The summed E-state index contributed by atoms with van der Waals surface area (Å²) in [5, 5.41) is 34.3. The lowest BCUT2D eigenvalue weighted by Crippen LogP contribution is -2.66. The minimum atomic E-state index is -0.739. The Morgan fingerprint density at radius 1 is 0.909 bits per heavy atom. The largest absolute Gasteiger partial charge is 0.393 e. The van der Waals surface area contributed by atoms with E-state index in [-0.39, 0.29) is 45.7 Å². The molecule has 0 aliphatic heterocycles. The Hall–Kier alpha value is -0.380. The summed E-state index contributed by atoms with van der Waals surface area (Å²) in [6, 6.07) is 0. The van der Waals surface area contributed by atoms with Crippen LogP contribution < -0.4 is 0 Å². The van der Waals surface area contributed by atoms with E-state index in [1.165, 1.54) is 18.4 Å². The molecule has 4 fully saturated rings. The molecule has 0 saturated heterocycles. The van der Waals surface area contributed by atoms with E-state index < -0.39 is 5.60 Å². The van der Waals surface area contributed by atoms with Gasteiger partial charge in [0.15, 0.2) is 0 Å². The average molecular weight is 461 g/mol. The second-order valence-electron chi connectivity index (χ2n) is 14.5. The third-order valence-corrected chi connectivity index (χ3v) is 12.4. The molecule has 0 amide bonds. The number of fused-ring (bicyclic) bond motifs is 5. The molecule has 4 saturated carbocycles. The van der Waals surface area contributed by atoms with E-state index in [2.05, 4.69) is 54.5 Å². The van der Waals surface area contributed by atoms with E-state index in [4.69, 9.17) is 0 Å². The Labute approximate surface area is 203 Å².